The van der Waals surface area contributed by atoms with Gasteiger partial charge in [-0.05, 0) is 33.0 Å². The first-order valence-electron chi connectivity index (χ1n) is 5.48. The molecule has 100 valence electrons. The maximum atomic E-state index is 12.2. The molecular formula is C11H18N4OS2. The summed E-state index contributed by atoms with van der Waals surface area (Å²) in [6, 6.07) is 0. The number of rotatable bonds is 3. The van der Waals surface area contributed by atoms with Gasteiger partial charge in [-0.15, -0.1) is 5.10 Å². The van der Waals surface area contributed by atoms with E-state index in [1.165, 1.54) is 11.8 Å². The SMILES string of the molecule is C=C(C)CN1C(=O)C(C)(C)S/C1=N/NC(=S)NC. The molecule has 1 fully saturated rings. The van der Waals surface area contributed by atoms with Crippen molar-refractivity contribution in [3.63, 3.8) is 0 Å². The number of thioether (sulfide) groups is 1. The summed E-state index contributed by atoms with van der Waals surface area (Å²) in [5.74, 6) is 0.0337. The van der Waals surface area contributed by atoms with E-state index in [0.29, 0.717) is 16.8 Å². The second-order valence-corrected chi connectivity index (χ2v) is 6.54. The Kier molecular flexibility index (Phi) is 4.75. The number of hydrazone groups is 1. The van der Waals surface area contributed by atoms with Gasteiger partial charge < -0.3 is 5.32 Å². The van der Waals surface area contributed by atoms with Crippen LogP contribution in [0.1, 0.15) is 20.8 Å². The summed E-state index contributed by atoms with van der Waals surface area (Å²) >= 11 is 6.36. The highest BCUT2D eigenvalue weighted by Crippen LogP contribution is 2.36. The minimum absolute atomic E-state index is 0.0337. The Balaban J connectivity index is 2.90. The van der Waals surface area contributed by atoms with Gasteiger partial charge in [0.05, 0.1) is 4.75 Å². The predicted molar refractivity (Wildman–Crippen MR) is 80.4 cm³/mol. The molecule has 0 aliphatic carbocycles. The van der Waals surface area contributed by atoms with E-state index in [4.69, 9.17) is 12.2 Å². The van der Waals surface area contributed by atoms with Gasteiger partial charge in [0.2, 0.25) is 5.91 Å². The standard InChI is InChI=1S/C11H18N4OS2/c1-7(2)6-15-8(16)11(3,4)18-10(15)14-13-9(17)12-5/h1,6H2,2-5H3,(H2,12,13,17)/b14-10+. The molecule has 0 radical (unpaired) electrons. The molecule has 0 aromatic heterocycles. The molecule has 5 nitrogen and oxygen atoms in total. The highest BCUT2D eigenvalue weighted by atomic mass is 32.2. The van der Waals surface area contributed by atoms with E-state index in [1.807, 2.05) is 20.8 Å². The van der Waals surface area contributed by atoms with Crippen LogP contribution in [0.4, 0.5) is 0 Å². The molecule has 0 saturated carbocycles. The van der Waals surface area contributed by atoms with Crippen molar-refractivity contribution in [2.45, 2.75) is 25.5 Å². The first kappa shape index (κ1) is 15.0. The topological polar surface area (TPSA) is 56.7 Å². The molecule has 18 heavy (non-hydrogen) atoms. The van der Waals surface area contributed by atoms with Crippen LogP contribution in [0.25, 0.3) is 0 Å². The number of amidine groups is 1. The number of carbonyl (C=O) groups is 1. The summed E-state index contributed by atoms with van der Waals surface area (Å²) in [4.78, 5) is 13.8. The number of thiocarbonyl (C=S) groups is 1. The van der Waals surface area contributed by atoms with Crippen LogP contribution in [-0.2, 0) is 4.79 Å². The molecule has 1 aliphatic heterocycles. The van der Waals surface area contributed by atoms with E-state index in [0.717, 1.165) is 5.57 Å². The number of nitrogens with one attached hydrogen (secondary N) is 2. The Morgan fingerprint density at radius 1 is 1.61 bits per heavy atom. The largest absolute Gasteiger partial charge is 0.364 e. The second kappa shape index (κ2) is 5.71. The summed E-state index contributed by atoms with van der Waals surface area (Å²) in [5, 5.41) is 7.95. The Hall–Kier alpha value is -1.08. The summed E-state index contributed by atoms with van der Waals surface area (Å²) < 4.78 is -0.503. The van der Waals surface area contributed by atoms with Crippen LogP contribution in [-0.4, -0.2) is 39.4 Å². The van der Waals surface area contributed by atoms with Crippen molar-refractivity contribution >= 4 is 40.2 Å². The highest BCUT2D eigenvalue weighted by Gasteiger charge is 2.44. The highest BCUT2D eigenvalue weighted by molar-refractivity contribution is 8.16. The minimum atomic E-state index is -0.503. The lowest BCUT2D eigenvalue weighted by atomic mass is 10.2. The molecule has 0 unspecified atom stereocenters. The van der Waals surface area contributed by atoms with Gasteiger partial charge in [-0.25, -0.2) is 0 Å². The van der Waals surface area contributed by atoms with E-state index in [1.54, 1.807) is 11.9 Å². The van der Waals surface area contributed by atoms with Crippen LogP contribution in [0.15, 0.2) is 17.3 Å². The number of carbonyl (C=O) groups excluding carboxylic acids is 1. The third-order valence-electron chi connectivity index (χ3n) is 2.25. The molecule has 0 atom stereocenters. The van der Waals surface area contributed by atoms with Gasteiger partial charge in [-0.2, -0.15) is 0 Å². The average Bonchev–Trinajstić information content (AvgIpc) is 2.49. The van der Waals surface area contributed by atoms with Crippen LogP contribution >= 0.6 is 24.0 Å². The zero-order chi connectivity index (χ0) is 13.9. The average molecular weight is 286 g/mol. The first-order valence-corrected chi connectivity index (χ1v) is 6.71. The third-order valence-corrected chi connectivity index (χ3v) is 3.72. The van der Waals surface area contributed by atoms with Crippen molar-refractivity contribution in [1.29, 1.82) is 0 Å². The van der Waals surface area contributed by atoms with E-state index in [-0.39, 0.29) is 5.91 Å². The van der Waals surface area contributed by atoms with Crippen LogP contribution in [0, 0.1) is 0 Å². The minimum Gasteiger partial charge on any atom is -0.364 e. The molecule has 7 heteroatoms. The maximum Gasteiger partial charge on any atom is 0.245 e. The van der Waals surface area contributed by atoms with E-state index >= 15 is 0 Å². The van der Waals surface area contributed by atoms with Crippen molar-refractivity contribution in [2.75, 3.05) is 13.6 Å². The summed E-state index contributed by atoms with van der Waals surface area (Å²) in [6.45, 7) is 9.94. The molecule has 1 heterocycles. The molecule has 0 spiro atoms. The monoisotopic (exact) mass is 286 g/mol. The van der Waals surface area contributed by atoms with Crippen LogP contribution in [0.3, 0.4) is 0 Å². The normalized spacial score (nSPS) is 20.1. The number of amides is 1. The van der Waals surface area contributed by atoms with Gasteiger partial charge in [-0.3, -0.25) is 15.1 Å². The maximum absolute atomic E-state index is 12.2. The lowest BCUT2D eigenvalue weighted by molar-refractivity contribution is -0.128. The molecule has 0 bridgehead atoms. The number of hydrogen-bond acceptors (Lipinski definition) is 4. The van der Waals surface area contributed by atoms with Gasteiger partial charge in [-0.1, -0.05) is 23.9 Å². The molecule has 1 rings (SSSR count). The van der Waals surface area contributed by atoms with Crippen molar-refractivity contribution < 1.29 is 4.79 Å². The van der Waals surface area contributed by atoms with E-state index < -0.39 is 4.75 Å². The number of hydrogen-bond donors (Lipinski definition) is 2. The molecular weight excluding hydrogens is 268 g/mol. The Labute approximate surface area is 117 Å². The Bertz CT molecular complexity index is 417. The number of nitrogens with zero attached hydrogens (tertiary/aromatic N) is 2. The van der Waals surface area contributed by atoms with Crippen molar-refractivity contribution in [3.8, 4) is 0 Å². The molecule has 1 aliphatic rings. The summed E-state index contributed by atoms with van der Waals surface area (Å²) in [6.07, 6.45) is 0. The van der Waals surface area contributed by atoms with Crippen molar-refractivity contribution in [1.82, 2.24) is 15.6 Å². The fraction of sp³-hybridized carbons (Fsp3) is 0.545. The quantitative estimate of drug-likeness (QED) is 0.465. The lowest BCUT2D eigenvalue weighted by Crippen LogP contribution is -2.38. The zero-order valence-corrected chi connectivity index (χ0v) is 12.7. The Morgan fingerprint density at radius 3 is 2.72 bits per heavy atom. The van der Waals surface area contributed by atoms with Gasteiger partial charge in [0.1, 0.15) is 0 Å². The molecule has 1 saturated heterocycles. The lowest BCUT2D eigenvalue weighted by Gasteiger charge is -2.17. The van der Waals surface area contributed by atoms with Crippen LogP contribution in [0.5, 0.6) is 0 Å². The van der Waals surface area contributed by atoms with Crippen molar-refractivity contribution in [2.24, 2.45) is 5.10 Å². The molecule has 1 amide bonds. The van der Waals surface area contributed by atoms with Gasteiger partial charge in [0.25, 0.3) is 0 Å². The molecule has 2 N–H and O–H groups in total. The van der Waals surface area contributed by atoms with Gasteiger partial charge in [0.15, 0.2) is 10.3 Å². The molecule has 0 aromatic carbocycles. The predicted octanol–water partition coefficient (Wildman–Crippen LogP) is 1.28. The van der Waals surface area contributed by atoms with Gasteiger partial charge >= 0.3 is 0 Å². The van der Waals surface area contributed by atoms with Crippen LogP contribution in [0.2, 0.25) is 0 Å². The zero-order valence-electron chi connectivity index (χ0n) is 11.0. The fourth-order valence-corrected chi connectivity index (χ4v) is 2.43. The smallest absolute Gasteiger partial charge is 0.245 e. The summed E-state index contributed by atoms with van der Waals surface area (Å²) in [5.41, 5.74) is 3.61. The van der Waals surface area contributed by atoms with E-state index in [9.17, 15) is 4.79 Å². The molecule has 0 aromatic rings. The Morgan fingerprint density at radius 2 is 2.22 bits per heavy atom. The van der Waals surface area contributed by atoms with E-state index in [2.05, 4.69) is 22.4 Å². The third kappa shape index (κ3) is 3.46. The van der Waals surface area contributed by atoms with Gasteiger partial charge in [0, 0.05) is 13.6 Å². The van der Waals surface area contributed by atoms with Crippen LogP contribution < -0.4 is 10.7 Å². The summed E-state index contributed by atoms with van der Waals surface area (Å²) in [7, 11) is 1.71. The fourth-order valence-electron chi connectivity index (χ4n) is 1.39. The van der Waals surface area contributed by atoms with Crippen molar-refractivity contribution in [3.05, 3.63) is 12.2 Å². The first-order chi connectivity index (χ1) is 8.27. The second-order valence-electron chi connectivity index (χ2n) is 4.55.